The molecule has 1 saturated heterocycles. The molecule has 142 valence electrons. The highest BCUT2D eigenvalue weighted by Gasteiger charge is 2.23. The Labute approximate surface area is 172 Å². The minimum Gasteiger partial charge on any atom is -0.494 e. The van der Waals surface area contributed by atoms with Gasteiger partial charge in [0.1, 0.15) is 45.3 Å². The lowest BCUT2D eigenvalue weighted by molar-refractivity contribution is 0.411. The molecule has 1 aliphatic rings. The van der Waals surface area contributed by atoms with Gasteiger partial charge in [-0.3, -0.25) is 0 Å². The van der Waals surface area contributed by atoms with E-state index in [9.17, 15) is 0 Å². The maximum atomic E-state index is 9.07. The van der Waals surface area contributed by atoms with E-state index in [4.69, 9.17) is 15.0 Å². The van der Waals surface area contributed by atoms with Crippen molar-refractivity contribution in [3.8, 4) is 22.4 Å². The van der Waals surface area contributed by atoms with Crippen LogP contribution in [0.3, 0.4) is 0 Å². The fourth-order valence-electron chi connectivity index (χ4n) is 3.27. The van der Waals surface area contributed by atoms with Crippen molar-refractivity contribution in [3.05, 3.63) is 41.7 Å². The second-order valence-electron chi connectivity index (χ2n) is 6.34. The van der Waals surface area contributed by atoms with Crippen LogP contribution >= 0.6 is 23.1 Å². The quantitative estimate of drug-likeness (QED) is 0.569. The van der Waals surface area contributed by atoms with Gasteiger partial charge in [-0.15, -0.1) is 11.3 Å². The zero-order valence-electron chi connectivity index (χ0n) is 15.5. The van der Waals surface area contributed by atoms with E-state index in [0.717, 1.165) is 40.1 Å². The van der Waals surface area contributed by atoms with Crippen molar-refractivity contribution in [2.75, 3.05) is 25.1 Å². The molecule has 1 aliphatic heterocycles. The van der Waals surface area contributed by atoms with E-state index in [1.807, 2.05) is 18.2 Å². The number of hydrogen-bond donors (Lipinski definition) is 0. The van der Waals surface area contributed by atoms with Gasteiger partial charge >= 0.3 is 0 Å². The first-order chi connectivity index (χ1) is 13.8. The summed E-state index contributed by atoms with van der Waals surface area (Å²) in [6, 6.07) is 9.80. The molecule has 0 atom stereocenters. The Morgan fingerprint density at radius 1 is 1.18 bits per heavy atom. The molecule has 0 spiro atoms. The van der Waals surface area contributed by atoms with Crippen LogP contribution in [0.15, 0.2) is 46.0 Å². The largest absolute Gasteiger partial charge is 0.494 e. The molecule has 3 aromatic heterocycles. The smallest absolute Gasteiger partial charge is 0.147 e. The summed E-state index contributed by atoms with van der Waals surface area (Å²) in [6.07, 6.45) is 5.03. The molecule has 8 heteroatoms. The first-order valence-corrected chi connectivity index (χ1v) is 10.8. The monoisotopic (exact) mass is 409 g/mol. The van der Waals surface area contributed by atoms with Gasteiger partial charge in [0.2, 0.25) is 0 Å². The van der Waals surface area contributed by atoms with Crippen LogP contribution in [0, 0.1) is 11.3 Å². The number of nitrogens with zero attached hydrogens (tertiary/aromatic N) is 5. The Kier molecular flexibility index (Phi) is 5.74. The first-order valence-electron chi connectivity index (χ1n) is 9.06. The topological polar surface area (TPSA) is 74.9 Å². The van der Waals surface area contributed by atoms with Gasteiger partial charge in [-0.2, -0.15) is 5.26 Å². The van der Waals surface area contributed by atoms with Crippen LogP contribution in [-0.2, 0) is 0 Å². The summed E-state index contributed by atoms with van der Waals surface area (Å²) >= 11 is 3.08. The second-order valence-corrected chi connectivity index (χ2v) is 8.33. The summed E-state index contributed by atoms with van der Waals surface area (Å²) in [4.78, 5) is 16.6. The number of rotatable bonds is 5. The predicted molar refractivity (Wildman–Crippen MR) is 111 cm³/mol. The van der Waals surface area contributed by atoms with Crippen molar-refractivity contribution in [2.45, 2.75) is 29.3 Å². The Balaban J connectivity index is 1.78. The third kappa shape index (κ3) is 3.96. The lowest BCUT2D eigenvalue weighted by Crippen LogP contribution is -2.30. The lowest BCUT2D eigenvalue weighted by Gasteiger charge is -2.31. The summed E-state index contributed by atoms with van der Waals surface area (Å²) in [5.41, 5.74) is 2.34. The average Bonchev–Trinajstić information content (AvgIpc) is 3.28. The number of aromatic nitrogens is 3. The van der Waals surface area contributed by atoms with E-state index >= 15 is 0 Å². The van der Waals surface area contributed by atoms with Gasteiger partial charge in [-0.05, 0) is 42.5 Å². The highest BCUT2D eigenvalue weighted by Crippen LogP contribution is 2.43. The van der Waals surface area contributed by atoms with Crippen LogP contribution in [0.5, 0.6) is 5.75 Å². The Bertz CT molecular complexity index is 994. The molecule has 0 saturated carbocycles. The van der Waals surface area contributed by atoms with Crippen molar-refractivity contribution < 1.29 is 4.74 Å². The average molecular weight is 410 g/mol. The molecule has 0 aliphatic carbocycles. The molecule has 28 heavy (non-hydrogen) atoms. The normalized spacial score (nSPS) is 13.9. The van der Waals surface area contributed by atoms with E-state index in [2.05, 4.69) is 26.3 Å². The highest BCUT2D eigenvalue weighted by molar-refractivity contribution is 7.99. The van der Waals surface area contributed by atoms with Gasteiger partial charge in [0.25, 0.3) is 0 Å². The SMILES string of the molecule is COc1cc(Sc2cc(C#N)ncn2)nc(-c2cccs2)c1N1CCCCC1. The molecule has 0 unspecified atom stereocenters. The standard InChI is InChI=1S/C20H19N5OS2/c1-26-15-11-18(28-17-10-14(12-21)22-13-23-17)24-19(16-6-5-9-27-16)20(15)25-7-3-2-4-8-25/h5-6,9-11,13H,2-4,7-8H2,1H3. The molecular formula is C20H19N5OS2. The van der Waals surface area contributed by atoms with Gasteiger partial charge in [0, 0.05) is 25.2 Å². The number of anilines is 1. The zero-order chi connectivity index (χ0) is 19.3. The van der Waals surface area contributed by atoms with Gasteiger partial charge in [0.05, 0.1) is 12.0 Å². The first kappa shape index (κ1) is 18.7. The van der Waals surface area contributed by atoms with Gasteiger partial charge in [-0.25, -0.2) is 15.0 Å². The molecule has 0 radical (unpaired) electrons. The molecule has 0 N–H and O–H groups in total. The molecule has 1 fully saturated rings. The molecule has 4 rings (SSSR count). The lowest BCUT2D eigenvalue weighted by atomic mass is 10.1. The highest BCUT2D eigenvalue weighted by atomic mass is 32.2. The third-order valence-corrected chi connectivity index (χ3v) is 6.27. The van der Waals surface area contributed by atoms with E-state index in [1.165, 1.54) is 37.4 Å². The molecule has 0 aromatic carbocycles. The summed E-state index contributed by atoms with van der Waals surface area (Å²) in [5, 5.41) is 12.6. The predicted octanol–water partition coefficient (Wildman–Crippen LogP) is 4.62. The molecule has 6 nitrogen and oxygen atoms in total. The number of nitriles is 1. The minimum atomic E-state index is 0.341. The van der Waals surface area contributed by atoms with Crippen molar-refractivity contribution in [1.29, 1.82) is 5.26 Å². The zero-order valence-corrected chi connectivity index (χ0v) is 17.1. The Hall–Kier alpha value is -2.63. The fraction of sp³-hybridized carbons (Fsp3) is 0.300. The maximum absolute atomic E-state index is 9.07. The van der Waals surface area contributed by atoms with Crippen LogP contribution < -0.4 is 9.64 Å². The number of pyridine rings is 1. The van der Waals surface area contributed by atoms with Crippen LogP contribution in [0.1, 0.15) is 25.0 Å². The van der Waals surface area contributed by atoms with Crippen molar-refractivity contribution in [1.82, 2.24) is 15.0 Å². The fourth-order valence-corrected chi connectivity index (χ4v) is 4.77. The number of hydrogen-bond acceptors (Lipinski definition) is 8. The Morgan fingerprint density at radius 3 is 2.75 bits per heavy atom. The van der Waals surface area contributed by atoms with E-state index in [-0.39, 0.29) is 0 Å². The van der Waals surface area contributed by atoms with Crippen molar-refractivity contribution in [2.24, 2.45) is 0 Å². The van der Waals surface area contributed by atoms with Crippen molar-refractivity contribution in [3.63, 3.8) is 0 Å². The number of methoxy groups -OCH3 is 1. The van der Waals surface area contributed by atoms with Crippen LogP contribution in [0.4, 0.5) is 5.69 Å². The molecule has 4 heterocycles. The van der Waals surface area contributed by atoms with E-state index in [1.54, 1.807) is 24.5 Å². The maximum Gasteiger partial charge on any atom is 0.147 e. The summed E-state index contributed by atoms with van der Waals surface area (Å²) < 4.78 is 5.79. The number of ether oxygens (including phenoxy) is 1. The van der Waals surface area contributed by atoms with E-state index < -0.39 is 0 Å². The van der Waals surface area contributed by atoms with Crippen LogP contribution in [0.2, 0.25) is 0 Å². The third-order valence-electron chi connectivity index (χ3n) is 4.55. The van der Waals surface area contributed by atoms with E-state index in [0.29, 0.717) is 10.7 Å². The number of thiophene rings is 1. The van der Waals surface area contributed by atoms with Gasteiger partial charge in [-0.1, -0.05) is 6.07 Å². The molecule has 0 amide bonds. The molecular weight excluding hydrogens is 390 g/mol. The van der Waals surface area contributed by atoms with Gasteiger partial charge in [0.15, 0.2) is 0 Å². The van der Waals surface area contributed by atoms with Gasteiger partial charge < -0.3 is 9.64 Å². The molecule has 0 bridgehead atoms. The summed E-state index contributed by atoms with van der Waals surface area (Å²) in [7, 11) is 1.70. The Morgan fingerprint density at radius 2 is 2.04 bits per heavy atom. The second kappa shape index (κ2) is 8.59. The van der Waals surface area contributed by atoms with Crippen molar-refractivity contribution >= 4 is 28.8 Å². The summed E-state index contributed by atoms with van der Waals surface area (Å²) in [5.74, 6) is 0.817. The molecule has 3 aromatic rings. The van der Waals surface area contributed by atoms with Crippen LogP contribution in [0.25, 0.3) is 10.6 Å². The minimum absolute atomic E-state index is 0.341. The summed E-state index contributed by atoms with van der Waals surface area (Å²) in [6.45, 7) is 2.03. The van der Waals surface area contributed by atoms with Crippen LogP contribution in [-0.4, -0.2) is 35.2 Å². The number of piperidine rings is 1.